The second-order valence-electron chi connectivity index (χ2n) is 5.88. The molecule has 0 aromatic carbocycles. The number of hydrogen-bond acceptors (Lipinski definition) is 6. The Morgan fingerprint density at radius 1 is 1.37 bits per heavy atom. The fourth-order valence-corrected chi connectivity index (χ4v) is 3.20. The summed E-state index contributed by atoms with van der Waals surface area (Å²) in [7, 11) is 0. The summed E-state index contributed by atoms with van der Waals surface area (Å²) in [4.78, 5) is 8.30. The van der Waals surface area contributed by atoms with Gasteiger partial charge in [0, 0.05) is 19.7 Å². The summed E-state index contributed by atoms with van der Waals surface area (Å²) < 4.78 is 10.9. The number of piperidine rings is 1. The van der Waals surface area contributed by atoms with Gasteiger partial charge < -0.3 is 14.6 Å². The summed E-state index contributed by atoms with van der Waals surface area (Å²) in [5.41, 5.74) is 0. The Kier molecular flexibility index (Phi) is 3.81. The standard InChI is InChI=1S/C13H24N2O4/c1-4-17-13(16)9(3)19-15-10-5-8(2)6-14(7-10)11-12(15)18-11/h8-13,16H,4-7H2,1-3H3. The fourth-order valence-electron chi connectivity index (χ4n) is 3.20. The summed E-state index contributed by atoms with van der Waals surface area (Å²) in [5.74, 6) is 0.655. The quantitative estimate of drug-likeness (QED) is 0.576. The van der Waals surface area contributed by atoms with Gasteiger partial charge in [-0.3, -0.25) is 9.74 Å². The first-order chi connectivity index (χ1) is 9.10. The average Bonchev–Trinajstić information content (AvgIpc) is 3.14. The highest BCUT2D eigenvalue weighted by Gasteiger charge is 2.57. The number of rotatable bonds is 5. The number of ether oxygens (including phenoxy) is 2. The van der Waals surface area contributed by atoms with Gasteiger partial charge in [-0.1, -0.05) is 6.92 Å². The van der Waals surface area contributed by atoms with Gasteiger partial charge in [-0.2, -0.15) is 5.06 Å². The minimum Gasteiger partial charge on any atom is -0.366 e. The van der Waals surface area contributed by atoms with E-state index in [2.05, 4.69) is 11.8 Å². The highest BCUT2D eigenvalue weighted by Crippen LogP contribution is 2.41. The molecule has 7 unspecified atom stereocenters. The van der Waals surface area contributed by atoms with Crippen LogP contribution in [0.2, 0.25) is 0 Å². The van der Waals surface area contributed by atoms with Crippen molar-refractivity contribution < 1.29 is 19.4 Å². The van der Waals surface area contributed by atoms with Crippen LogP contribution in [0, 0.1) is 5.92 Å². The molecule has 0 aromatic heterocycles. The molecule has 0 aromatic rings. The number of hydroxylamine groups is 2. The third-order valence-corrected chi connectivity index (χ3v) is 4.11. The van der Waals surface area contributed by atoms with Crippen molar-refractivity contribution in [3.8, 4) is 0 Å². The van der Waals surface area contributed by atoms with Crippen LogP contribution in [-0.4, -0.2) is 65.7 Å². The molecule has 0 radical (unpaired) electrons. The molecule has 3 heterocycles. The Balaban J connectivity index is 1.61. The summed E-state index contributed by atoms with van der Waals surface area (Å²) in [6.45, 7) is 8.53. The molecule has 6 heteroatoms. The van der Waals surface area contributed by atoms with Crippen LogP contribution >= 0.6 is 0 Å². The second-order valence-corrected chi connectivity index (χ2v) is 5.88. The zero-order valence-electron chi connectivity index (χ0n) is 11.9. The van der Waals surface area contributed by atoms with Gasteiger partial charge in [0.2, 0.25) is 0 Å². The summed E-state index contributed by atoms with van der Waals surface area (Å²) in [5, 5.41) is 11.7. The molecular formula is C13H24N2O4. The van der Waals surface area contributed by atoms with Crippen LogP contribution in [0.15, 0.2) is 0 Å². The molecule has 1 N–H and O–H groups in total. The highest BCUT2D eigenvalue weighted by molar-refractivity contribution is 4.97. The van der Waals surface area contributed by atoms with E-state index in [4.69, 9.17) is 14.3 Å². The maximum Gasteiger partial charge on any atom is 0.182 e. The van der Waals surface area contributed by atoms with Crippen LogP contribution in [-0.2, 0) is 14.3 Å². The van der Waals surface area contributed by atoms with Crippen molar-refractivity contribution in [3.63, 3.8) is 0 Å². The molecule has 0 amide bonds. The van der Waals surface area contributed by atoms with E-state index in [0.717, 1.165) is 19.5 Å². The minimum absolute atomic E-state index is 0.0301. The third kappa shape index (κ3) is 2.66. The first kappa shape index (κ1) is 13.7. The number of epoxide rings is 1. The Labute approximate surface area is 114 Å². The molecule has 110 valence electrons. The normalized spacial score (nSPS) is 44.5. The van der Waals surface area contributed by atoms with E-state index in [1.807, 2.05) is 18.9 Å². The SMILES string of the molecule is CCOC(O)C(C)ON1C2CC(C)CN(C2)C2OC21. The monoisotopic (exact) mass is 272 g/mol. The van der Waals surface area contributed by atoms with Gasteiger partial charge in [0.05, 0.1) is 6.04 Å². The van der Waals surface area contributed by atoms with Gasteiger partial charge >= 0.3 is 0 Å². The van der Waals surface area contributed by atoms with Crippen molar-refractivity contribution >= 4 is 0 Å². The number of aliphatic hydroxyl groups is 1. The lowest BCUT2D eigenvalue weighted by atomic mass is 9.94. The van der Waals surface area contributed by atoms with Crippen LogP contribution in [0.4, 0.5) is 0 Å². The molecule has 3 aliphatic rings. The predicted octanol–water partition coefficient (Wildman–Crippen LogP) is 0.370. The molecule has 2 bridgehead atoms. The molecule has 6 nitrogen and oxygen atoms in total. The molecule has 3 fully saturated rings. The van der Waals surface area contributed by atoms with Crippen molar-refractivity contribution in [2.45, 2.75) is 58.1 Å². The van der Waals surface area contributed by atoms with E-state index in [9.17, 15) is 5.11 Å². The largest absolute Gasteiger partial charge is 0.366 e. The van der Waals surface area contributed by atoms with E-state index in [0.29, 0.717) is 18.6 Å². The lowest BCUT2D eigenvalue weighted by Crippen LogP contribution is -2.58. The summed E-state index contributed by atoms with van der Waals surface area (Å²) in [6.07, 6.45) is 0.0494. The predicted molar refractivity (Wildman–Crippen MR) is 67.8 cm³/mol. The topological polar surface area (TPSA) is 57.7 Å². The van der Waals surface area contributed by atoms with E-state index < -0.39 is 6.29 Å². The Morgan fingerprint density at radius 2 is 2.16 bits per heavy atom. The van der Waals surface area contributed by atoms with Gasteiger partial charge in [-0.25, -0.2) is 0 Å². The number of fused-ring (bicyclic) bond motifs is 4. The van der Waals surface area contributed by atoms with Crippen LogP contribution in [0.5, 0.6) is 0 Å². The Morgan fingerprint density at radius 3 is 2.89 bits per heavy atom. The van der Waals surface area contributed by atoms with Crippen molar-refractivity contribution in [2.24, 2.45) is 5.92 Å². The molecule has 7 atom stereocenters. The number of nitrogens with zero attached hydrogens (tertiary/aromatic N) is 2. The molecule has 0 aliphatic carbocycles. The summed E-state index contributed by atoms with van der Waals surface area (Å²) >= 11 is 0. The molecule has 19 heavy (non-hydrogen) atoms. The maximum absolute atomic E-state index is 9.80. The number of hydrogen-bond donors (Lipinski definition) is 1. The van der Waals surface area contributed by atoms with Crippen LogP contribution in [0.1, 0.15) is 27.2 Å². The molecule has 3 saturated heterocycles. The molecule has 0 spiro atoms. The molecule has 0 saturated carbocycles. The lowest BCUT2D eigenvalue weighted by molar-refractivity contribution is -0.299. The molecule has 3 aliphatic heterocycles. The van der Waals surface area contributed by atoms with E-state index in [1.165, 1.54) is 0 Å². The van der Waals surface area contributed by atoms with Crippen molar-refractivity contribution in [2.75, 3.05) is 19.7 Å². The lowest BCUT2D eigenvalue weighted by Gasteiger charge is -2.44. The van der Waals surface area contributed by atoms with E-state index in [1.54, 1.807) is 0 Å². The Bertz CT molecular complexity index is 330. The first-order valence-corrected chi connectivity index (χ1v) is 7.24. The van der Waals surface area contributed by atoms with Crippen LogP contribution in [0.3, 0.4) is 0 Å². The first-order valence-electron chi connectivity index (χ1n) is 7.24. The van der Waals surface area contributed by atoms with Gasteiger partial charge in [0.1, 0.15) is 6.10 Å². The third-order valence-electron chi connectivity index (χ3n) is 4.11. The minimum atomic E-state index is -0.888. The smallest absolute Gasteiger partial charge is 0.182 e. The van der Waals surface area contributed by atoms with Gasteiger partial charge in [-0.05, 0) is 26.2 Å². The van der Waals surface area contributed by atoms with E-state index in [-0.39, 0.29) is 18.6 Å². The van der Waals surface area contributed by atoms with Crippen molar-refractivity contribution in [1.29, 1.82) is 0 Å². The highest BCUT2D eigenvalue weighted by atomic mass is 16.8. The number of piperazine rings is 1. The second kappa shape index (κ2) is 5.27. The molecule has 3 rings (SSSR count). The average molecular weight is 272 g/mol. The van der Waals surface area contributed by atoms with Gasteiger partial charge in [0.15, 0.2) is 18.7 Å². The summed E-state index contributed by atoms with van der Waals surface area (Å²) in [6, 6.07) is 0.351. The van der Waals surface area contributed by atoms with Gasteiger partial charge in [-0.15, -0.1) is 0 Å². The fraction of sp³-hybridized carbons (Fsp3) is 1.00. The van der Waals surface area contributed by atoms with Crippen molar-refractivity contribution in [3.05, 3.63) is 0 Å². The number of aliphatic hydroxyl groups excluding tert-OH is 1. The Hall–Kier alpha value is -0.240. The van der Waals surface area contributed by atoms with Crippen LogP contribution in [0.25, 0.3) is 0 Å². The van der Waals surface area contributed by atoms with Crippen molar-refractivity contribution in [1.82, 2.24) is 9.96 Å². The molecular weight excluding hydrogens is 248 g/mol. The zero-order valence-corrected chi connectivity index (χ0v) is 11.9. The van der Waals surface area contributed by atoms with Crippen LogP contribution < -0.4 is 0 Å². The zero-order chi connectivity index (χ0) is 13.6. The maximum atomic E-state index is 9.80. The van der Waals surface area contributed by atoms with E-state index >= 15 is 0 Å². The van der Waals surface area contributed by atoms with Gasteiger partial charge in [0.25, 0.3) is 0 Å².